The minimum Gasteiger partial charge on any atom is -0.490 e. The molecule has 2 aromatic carbocycles. The molecule has 6 nitrogen and oxygen atoms in total. The molecule has 0 atom stereocenters. The summed E-state index contributed by atoms with van der Waals surface area (Å²) in [5.41, 5.74) is 4.28. The van der Waals surface area contributed by atoms with Crippen LogP contribution in [0.15, 0.2) is 41.5 Å². The number of hydrogen-bond acceptors (Lipinski definition) is 5. The first-order valence-electron chi connectivity index (χ1n) is 7.35. The zero-order valence-electron chi connectivity index (χ0n) is 13.3. The van der Waals surface area contributed by atoms with E-state index in [1.807, 2.05) is 6.92 Å². The van der Waals surface area contributed by atoms with Crippen LogP contribution in [0.4, 0.5) is 5.69 Å². The predicted molar refractivity (Wildman–Crippen MR) is 98.4 cm³/mol. The van der Waals surface area contributed by atoms with Crippen molar-refractivity contribution in [2.45, 2.75) is 6.92 Å². The Bertz CT molecular complexity index is 781. The summed E-state index contributed by atoms with van der Waals surface area (Å²) in [7, 11) is 0. The van der Waals surface area contributed by atoms with Crippen LogP contribution in [0.1, 0.15) is 12.5 Å². The minimum absolute atomic E-state index is 0.360. The molecule has 0 saturated heterocycles. The van der Waals surface area contributed by atoms with Gasteiger partial charge in [0.1, 0.15) is 0 Å². The molecule has 132 valence electrons. The highest BCUT2D eigenvalue weighted by Crippen LogP contribution is 2.28. The number of carboxylic acid groups (broad SMARTS) is 1. The Kier molecular flexibility index (Phi) is 6.91. The molecule has 0 aromatic heterocycles. The van der Waals surface area contributed by atoms with Crippen molar-refractivity contribution < 1.29 is 19.4 Å². The lowest BCUT2D eigenvalue weighted by Gasteiger charge is -2.11. The summed E-state index contributed by atoms with van der Waals surface area (Å²) in [6.07, 6.45) is 1.59. The smallest absolute Gasteiger partial charge is 0.341 e. The van der Waals surface area contributed by atoms with Gasteiger partial charge in [0.15, 0.2) is 18.1 Å². The molecule has 0 radical (unpaired) electrons. The number of halogens is 2. The van der Waals surface area contributed by atoms with Crippen molar-refractivity contribution in [1.29, 1.82) is 0 Å². The molecule has 2 aromatic rings. The third-order valence-electron chi connectivity index (χ3n) is 2.95. The van der Waals surface area contributed by atoms with Gasteiger partial charge >= 0.3 is 5.97 Å². The number of ether oxygens (including phenoxy) is 2. The van der Waals surface area contributed by atoms with Crippen LogP contribution in [0.3, 0.4) is 0 Å². The largest absolute Gasteiger partial charge is 0.490 e. The van der Waals surface area contributed by atoms with E-state index >= 15 is 0 Å². The van der Waals surface area contributed by atoms with Crippen molar-refractivity contribution >= 4 is 41.1 Å². The summed E-state index contributed by atoms with van der Waals surface area (Å²) in [6, 6.07) is 10.2. The molecule has 0 aliphatic heterocycles. The first-order valence-corrected chi connectivity index (χ1v) is 8.10. The molecule has 0 fully saturated rings. The average molecular weight is 383 g/mol. The van der Waals surface area contributed by atoms with Crippen molar-refractivity contribution in [3.63, 3.8) is 0 Å². The number of aliphatic carboxylic acids is 1. The maximum atomic E-state index is 10.6. The maximum absolute atomic E-state index is 10.6. The number of hydrazone groups is 1. The average Bonchev–Trinajstić information content (AvgIpc) is 2.57. The SMILES string of the molecule is CCOc1cc(C=NNc2ccc(Cl)c(Cl)c2)ccc1OCC(=O)O. The summed E-state index contributed by atoms with van der Waals surface area (Å²) in [4.78, 5) is 10.6. The second kappa shape index (κ2) is 9.15. The molecule has 0 bridgehead atoms. The zero-order chi connectivity index (χ0) is 18.2. The predicted octanol–water partition coefficient (Wildman–Crippen LogP) is 4.30. The molecule has 0 unspecified atom stereocenters. The highest BCUT2D eigenvalue weighted by molar-refractivity contribution is 6.42. The number of anilines is 1. The third-order valence-corrected chi connectivity index (χ3v) is 3.68. The van der Waals surface area contributed by atoms with E-state index in [-0.39, 0.29) is 0 Å². The Morgan fingerprint density at radius 1 is 1.16 bits per heavy atom. The van der Waals surface area contributed by atoms with Gasteiger partial charge in [-0.1, -0.05) is 23.2 Å². The summed E-state index contributed by atoms with van der Waals surface area (Å²) < 4.78 is 10.7. The van der Waals surface area contributed by atoms with Crippen molar-refractivity contribution in [3.05, 3.63) is 52.0 Å². The lowest BCUT2D eigenvalue weighted by atomic mass is 10.2. The number of benzene rings is 2. The van der Waals surface area contributed by atoms with E-state index in [0.29, 0.717) is 33.8 Å². The topological polar surface area (TPSA) is 80.1 Å². The van der Waals surface area contributed by atoms with Crippen LogP contribution in [0.2, 0.25) is 10.0 Å². The van der Waals surface area contributed by atoms with Gasteiger partial charge in [-0.05, 0) is 48.9 Å². The van der Waals surface area contributed by atoms with Crippen molar-refractivity contribution in [2.75, 3.05) is 18.6 Å². The van der Waals surface area contributed by atoms with Crippen molar-refractivity contribution in [3.8, 4) is 11.5 Å². The number of rotatable bonds is 8. The van der Waals surface area contributed by atoms with Gasteiger partial charge in [0.05, 0.1) is 28.6 Å². The fourth-order valence-corrected chi connectivity index (χ4v) is 2.18. The quantitative estimate of drug-likeness (QED) is 0.525. The number of nitrogens with one attached hydrogen (secondary N) is 1. The van der Waals surface area contributed by atoms with Gasteiger partial charge in [-0.3, -0.25) is 5.43 Å². The van der Waals surface area contributed by atoms with Crippen LogP contribution in [-0.4, -0.2) is 30.5 Å². The number of hydrogen-bond donors (Lipinski definition) is 2. The van der Waals surface area contributed by atoms with Crippen LogP contribution in [-0.2, 0) is 4.79 Å². The van der Waals surface area contributed by atoms with Gasteiger partial charge in [0.2, 0.25) is 0 Å². The van der Waals surface area contributed by atoms with Crippen LogP contribution < -0.4 is 14.9 Å². The molecule has 0 spiro atoms. The number of carboxylic acids is 1. The third kappa shape index (κ3) is 5.85. The van der Waals surface area contributed by atoms with E-state index in [1.54, 1.807) is 42.6 Å². The van der Waals surface area contributed by atoms with E-state index in [2.05, 4.69) is 10.5 Å². The van der Waals surface area contributed by atoms with Crippen LogP contribution >= 0.6 is 23.2 Å². The zero-order valence-corrected chi connectivity index (χ0v) is 14.8. The molecule has 0 aliphatic carbocycles. The molecule has 0 amide bonds. The van der Waals surface area contributed by atoms with Crippen LogP contribution in [0.25, 0.3) is 0 Å². The molecule has 0 heterocycles. The molecule has 2 rings (SSSR count). The summed E-state index contributed by atoms with van der Waals surface area (Å²) >= 11 is 11.8. The standard InChI is InChI=1S/C17H16Cl2N2O4/c1-2-24-16-7-11(3-6-15(16)25-10-17(22)23)9-20-21-12-4-5-13(18)14(19)8-12/h3-9,21H,2,10H2,1H3,(H,22,23). The lowest BCUT2D eigenvalue weighted by molar-refractivity contribution is -0.139. The van der Waals surface area contributed by atoms with E-state index < -0.39 is 12.6 Å². The molecule has 8 heteroatoms. The van der Waals surface area contributed by atoms with Crippen LogP contribution in [0, 0.1) is 0 Å². The van der Waals surface area contributed by atoms with Gasteiger partial charge in [0, 0.05) is 0 Å². The highest BCUT2D eigenvalue weighted by Gasteiger charge is 2.08. The fraction of sp³-hybridized carbons (Fsp3) is 0.176. The Hall–Kier alpha value is -2.44. The van der Waals surface area contributed by atoms with E-state index in [4.69, 9.17) is 37.8 Å². The Morgan fingerprint density at radius 3 is 2.64 bits per heavy atom. The van der Waals surface area contributed by atoms with Gasteiger partial charge in [-0.15, -0.1) is 0 Å². The minimum atomic E-state index is -1.06. The van der Waals surface area contributed by atoms with Gasteiger partial charge < -0.3 is 14.6 Å². The molecule has 2 N–H and O–H groups in total. The summed E-state index contributed by atoms with van der Waals surface area (Å²) in [6.45, 7) is 1.81. The summed E-state index contributed by atoms with van der Waals surface area (Å²) in [5, 5.41) is 13.7. The molecule has 0 aliphatic rings. The fourth-order valence-electron chi connectivity index (χ4n) is 1.88. The van der Waals surface area contributed by atoms with Crippen molar-refractivity contribution in [1.82, 2.24) is 0 Å². The van der Waals surface area contributed by atoms with Gasteiger partial charge in [-0.25, -0.2) is 4.79 Å². The molecule has 25 heavy (non-hydrogen) atoms. The van der Waals surface area contributed by atoms with E-state index in [0.717, 1.165) is 5.56 Å². The first kappa shape index (κ1) is 18.9. The van der Waals surface area contributed by atoms with Gasteiger partial charge in [-0.2, -0.15) is 5.10 Å². The first-order chi connectivity index (χ1) is 12.0. The van der Waals surface area contributed by atoms with E-state index in [9.17, 15) is 4.79 Å². The second-order valence-corrected chi connectivity index (χ2v) is 5.63. The Balaban J connectivity index is 2.08. The number of carbonyl (C=O) groups is 1. The highest BCUT2D eigenvalue weighted by atomic mass is 35.5. The monoisotopic (exact) mass is 382 g/mol. The lowest BCUT2D eigenvalue weighted by Crippen LogP contribution is -2.10. The van der Waals surface area contributed by atoms with Crippen molar-refractivity contribution in [2.24, 2.45) is 5.10 Å². The second-order valence-electron chi connectivity index (χ2n) is 4.82. The molecular formula is C17H16Cl2N2O4. The summed E-state index contributed by atoms with van der Waals surface area (Å²) in [5.74, 6) is -0.250. The van der Waals surface area contributed by atoms with Gasteiger partial charge in [0.25, 0.3) is 0 Å². The Morgan fingerprint density at radius 2 is 1.96 bits per heavy atom. The number of nitrogens with zero attached hydrogens (tertiary/aromatic N) is 1. The Labute approximate surface area is 155 Å². The maximum Gasteiger partial charge on any atom is 0.341 e. The molecule has 0 saturated carbocycles. The molecular weight excluding hydrogens is 367 g/mol. The van der Waals surface area contributed by atoms with Crippen LogP contribution in [0.5, 0.6) is 11.5 Å². The van der Waals surface area contributed by atoms with E-state index in [1.165, 1.54) is 0 Å². The normalized spacial score (nSPS) is 10.7.